The van der Waals surface area contributed by atoms with Crippen LogP contribution in [0.25, 0.3) is 11.0 Å². The van der Waals surface area contributed by atoms with Gasteiger partial charge in [-0.1, -0.05) is 17.3 Å². The van der Waals surface area contributed by atoms with E-state index < -0.39 is 0 Å². The van der Waals surface area contributed by atoms with Gasteiger partial charge in [-0.05, 0) is 55.2 Å². The van der Waals surface area contributed by atoms with E-state index in [1.54, 1.807) is 4.90 Å². The number of rotatable bonds is 5. The van der Waals surface area contributed by atoms with E-state index in [-0.39, 0.29) is 12.1 Å². The molecule has 2 saturated heterocycles. The number of benzene rings is 1. The van der Waals surface area contributed by atoms with Gasteiger partial charge in [-0.3, -0.25) is 4.90 Å². The van der Waals surface area contributed by atoms with Gasteiger partial charge in [0, 0.05) is 26.2 Å². The molecule has 3 aromatic rings. The summed E-state index contributed by atoms with van der Waals surface area (Å²) in [5.41, 5.74) is 2.05. The fourth-order valence-corrected chi connectivity index (χ4v) is 4.79. The molecular weight excluding hydrogens is 410 g/mol. The molecule has 1 aromatic carbocycles. The maximum absolute atomic E-state index is 11.9. The van der Waals surface area contributed by atoms with Crippen LogP contribution in [-0.4, -0.2) is 83.9 Å². The molecule has 32 heavy (non-hydrogen) atoms. The summed E-state index contributed by atoms with van der Waals surface area (Å²) < 4.78 is 9.15. The first-order chi connectivity index (χ1) is 15.7. The van der Waals surface area contributed by atoms with E-state index in [0.29, 0.717) is 25.7 Å². The first-order valence-electron chi connectivity index (χ1n) is 11.4. The Bertz CT molecular complexity index is 1050. The molecule has 2 aliphatic heterocycles. The highest BCUT2D eigenvalue weighted by Gasteiger charge is 2.29. The van der Waals surface area contributed by atoms with Crippen molar-refractivity contribution in [3.8, 4) is 0 Å². The standard InChI is InChI=1S/C21H29N9O2/c1-2-32-21(31)28-13-9-17(10-14-28)30-20(23-24-26-30)15-27-11-7-16(8-12-27)29-19-6-4-3-5-18(19)22-25-29/h3-6,16-17H,2,7-15H2,1H3. The summed E-state index contributed by atoms with van der Waals surface area (Å²) in [5, 5.41) is 21.2. The molecule has 2 aromatic heterocycles. The molecule has 0 saturated carbocycles. The van der Waals surface area contributed by atoms with Crippen LogP contribution in [0.1, 0.15) is 50.5 Å². The number of carbonyl (C=O) groups excluding carboxylic acids is 1. The van der Waals surface area contributed by atoms with E-state index in [1.165, 1.54) is 0 Å². The quantitative estimate of drug-likeness (QED) is 0.594. The van der Waals surface area contributed by atoms with Crippen molar-refractivity contribution in [3.63, 3.8) is 0 Å². The first kappa shape index (κ1) is 20.8. The maximum Gasteiger partial charge on any atom is 0.409 e. The molecule has 0 atom stereocenters. The number of amides is 1. The van der Waals surface area contributed by atoms with E-state index >= 15 is 0 Å². The second-order valence-corrected chi connectivity index (χ2v) is 8.49. The molecule has 170 valence electrons. The molecule has 0 unspecified atom stereocenters. The van der Waals surface area contributed by atoms with Crippen molar-refractivity contribution in [3.05, 3.63) is 30.1 Å². The lowest BCUT2D eigenvalue weighted by Crippen LogP contribution is -2.40. The second kappa shape index (κ2) is 9.19. The highest BCUT2D eigenvalue weighted by atomic mass is 16.6. The monoisotopic (exact) mass is 439 g/mol. The summed E-state index contributed by atoms with van der Waals surface area (Å²) in [6, 6.07) is 8.70. The Morgan fingerprint density at radius 2 is 1.69 bits per heavy atom. The predicted molar refractivity (Wildman–Crippen MR) is 116 cm³/mol. The third kappa shape index (κ3) is 4.16. The number of hydrogen-bond donors (Lipinski definition) is 0. The van der Waals surface area contributed by atoms with Crippen LogP contribution >= 0.6 is 0 Å². The number of ether oxygens (including phenoxy) is 1. The van der Waals surface area contributed by atoms with E-state index in [4.69, 9.17) is 4.74 Å². The lowest BCUT2D eigenvalue weighted by atomic mass is 10.0. The van der Waals surface area contributed by atoms with Crippen LogP contribution in [0, 0.1) is 0 Å². The molecule has 0 radical (unpaired) electrons. The number of nitrogens with zero attached hydrogens (tertiary/aromatic N) is 9. The summed E-state index contributed by atoms with van der Waals surface area (Å²) >= 11 is 0. The number of tetrazole rings is 1. The zero-order valence-corrected chi connectivity index (χ0v) is 18.4. The Hall–Kier alpha value is -3.08. The van der Waals surface area contributed by atoms with E-state index in [2.05, 4.69) is 41.5 Å². The van der Waals surface area contributed by atoms with Gasteiger partial charge < -0.3 is 9.64 Å². The van der Waals surface area contributed by atoms with Crippen molar-refractivity contribution in [2.75, 3.05) is 32.8 Å². The molecule has 0 N–H and O–H groups in total. The molecule has 4 heterocycles. The topological polar surface area (TPSA) is 107 Å². The van der Waals surface area contributed by atoms with Gasteiger partial charge >= 0.3 is 6.09 Å². The molecule has 0 spiro atoms. The molecule has 1 amide bonds. The van der Waals surface area contributed by atoms with Crippen LogP contribution in [0.3, 0.4) is 0 Å². The van der Waals surface area contributed by atoms with E-state index in [9.17, 15) is 4.79 Å². The fraction of sp³-hybridized carbons (Fsp3) is 0.619. The minimum atomic E-state index is -0.231. The molecule has 5 rings (SSSR count). The van der Waals surface area contributed by atoms with Crippen LogP contribution in [0.2, 0.25) is 0 Å². The van der Waals surface area contributed by atoms with E-state index in [0.717, 1.165) is 62.2 Å². The first-order valence-corrected chi connectivity index (χ1v) is 11.4. The van der Waals surface area contributed by atoms with Crippen LogP contribution in [0.4, 0.5) is 4.79 Å². The van der Waals surface area contributed by atoms with Gasteiger partial charge in [0.2, 0.25) is 0 Å². The SMILES string of the molecule is CCOC(=O)N1CCC(n2nnnc2CN2CCC(n3nnc4ccccc43)CC2)CC1. The highest BCUT2D eigenvalue weighted by Crippen LogP contribution is 2.27. The minimum Gasteiger partial charge on any atom is -0.450 e. The highest BCUT2D eigenvalue weighted by molar-refractivity contribution is 5.74. The van der Waals surface area contributed by atoms with Gasteiger partial charge in [0.1, 0.15) is 5.52 Å². The maximum atomic E-state index is 11.9. The summed E-state index contributed by atoms with van der Waals surface area (Å²) in [4.78, 5) is 16.1. The van der Waals surface area contributed by atoms with Crippen molar-refractivity contribution < 1.29 is 9.53 Å². The molecule has 11 nitrogen and oxygen atoms in total. The molecule has 11 heteroatoms. The minimum absolute atomic E-state index is 0.213. The third-order valence-corrected chi connectivity index (χ3v) is 6.54. The fourth-order valence-electron chi connectivity index (χ4n) is 4.79. The summed E-state index contributed by atoms with van der Waals surface area (Å²) in [6.07, 6.45) is 3.47. The Morgan fingerprint density at radius 3 is 2.47 bits per heavy atom. The number of piperidine rings is 2. The van der Waals surface area contributed by atoms with Crippen molar-refractivity contribution >= 4 is 17.1 Å². The summed E-state index contributed by atoms with van der Waals surface area (Å²) in [6.45, 7) is 6.23. The van der Waals surface area contributed by atoms with Crippen LogP contribution in [-0.2, 0) is 11.3 Å². The van der Waals surface area contributed by atoms with Crippen LogP contribution in [0.5, 0.6) is 0 Å². The van der Waals surface area contributed by atoms with Crippen LogP contribution < -0.4 is 0 Å². The van der Waals surface area contributed by atoms with Gasteiger partial charge in [-0.25, -0.2) is 14.2 Å². The third-order valence-electron chi connectivity index (χ3n) is 6.54. The van der Waals surface area contributed by atoms with Gasteiger partial charge in [0.25, 0.3) is 0 Å². The Kier molecular flexibility index (Phi) is 5.97. The van der Waals surface area contributed by atoms with Gasteiger partial charge in [-0.15, -0.1) is 10.2 Å². The zero-order chi connectivity index (χ0) is 21.9. The molecule has 2 aliphatic rings. The smallest absolute Gasteiger partial charge is 0.409 e. The average Bonchev–Trinajstić information content (AvgIpc) is 3.47. The molecular formula is C21H29N9O2. The Morgan fingerprint density at radius 1 is 0.969 bits per heavy atom. The number of aromatic nitrogens is 7. The van der Waals surface area contributed by atoms with Crippen LogP contribution in [0.15, 0.2) is 24.3 Å². The lowest BCUT2D eigenvalue weighted by Gasteiger charge is -2.33. The Labute approximate surface area is 186 Å². The van der Waals surface area contributed by atoms with E-state index in [1.807, 2.05) is 29.8 Å². The number of fused-ring (bicyclic) bond motifs is 1. The van der Waals surface area contributed by atoms with Gasteiger partial charge in [0.15, 0.2) is 5.82 Å². The Balaban J connectivity index is 1.17. The number of hydrogen-bond acceptors (Lipinski definition) is 8. The van der Waals surface area contributed by atoms with Crippen molar-refractivity contribution in [2.24, 2.45) is 0 Å². The second-order valence-electron chi connectivity index (χ2n) is 8.49. The van der Waals surface area contributed by atoms with Crippen molar-refractivity contribution in [2.45, 2.75) is 51.2 Å². The van der Waals surface area contributed by atoms with Gasteiger partial charge in [-0.2, -0.15) is 0 Å². The predicted octanol–water partition coefficient (Wildman–Crippen LogP) is 2.05. The van der Waals surface area contributed by atoms with Crippen molar-refractivity contribution in [1.82, 2.24) is 45.0 Å². The van der Waals surface area contributed by atoms with Gasteiger partial charge in [0.05, 0.1) is 30.8 Å². The largest absolute Gasteiger partial charge is 0.450 e. The summed E-state index contributed by atoms with van der Waals surface area (Å²) in [7, 11) is 0. The zero-order valence-electron chi connectivity index (χ0n) is 18.4. The number of para-hydroxylation sites is 1. The lowest BCUT2D eigenvalue weighted by molar-refractivity contribution is 0.0904. The summed E-state index contributed by atoms with van der Waals surface area (Å²) in [5.74, 6) is 0.893. The molecule has 2 fully saturated rings. The number of carbonyl (C=O) groups is 1. The molecule has 0 aliphatic carbocycles. The van der Waals surface area contributed by atoms with Crippen molar-refractivity contribution in [1.29, 1.82) is 0 Å². The average molecular weight is 440 g/mol. The normalized spacial score (nSPS) is 19.0. The molecule has 0 bridgehead atoms. The number of likely N-dealkylation sites (tertiary alicyclic amines) is 2.